The summed E-state index contributed by atoms with van der Waals surface area (Å²) in [6, 6.07) is 9.71. The van der Waals surface area contributed by atoms with Gasteiger partial charge in [-0.15, -0.1) is 0 Å². The van der Waals surface area contributed by atoms with Crippen LogP contribution in [0.3, 0.4) is 0 Å². The third-order valence-electron chi connectivity index (χ3n) is 6.59. The van der Waals surface area contributed by atoms with Crippen LogP contribution >= 0.6 is 0 Å². The quantitative estimate of drug-likeness (QED) is 0.750. The zero-order valence-corrected chi connectivity index (χ0v) is 19.3. The van der Waals surface area contributed by atoms with Crippen LogP contribution in [0.4, 0.5) is 0 Å². The van der Waals surface area contributed by atoms with Crippen LogP contribution in [0.25, 0.3) is 0 Å². The van der Waals surface area contributed by atoms with E-state index in [9.17, 15) is 14.4 Å². The summed E-state index contributed by atoms with van der Waals surface area (Å²) in [5.41, 5.74) is 2.69. The molecule has 0 spiro atoms. The van der Waals surface area contributed by atoms with Gasteiger partial charge in [0.1, 0.15) is 5.56 Å². The summed E-state index contributed by atoms with van der Waals surface area (Å²) in [5, 5.41) is 2.82. The SMILES string of the molecule is CC1CCCN(Cc2ccc(CNC(=O)c3cc4c([nH]c3=O)CC(C)(C)CC4=O)cc2)C1. The Morgan fingerprint density at radius 3 is 2.59 bits per heavy atom. The van der Waals surface area contributed by atoms with Gasteiger partial charge >= 0.3 is 0 Å². The van der Waals surface area contributed by atoms with Gasteiger partial charge in [0.2, 0.25) is 0 Å². The molecule has 2 aliphatic rings. The number of nitrogens with zero attached hydrogens (tertiary/aromatic N) is 1. The lowest BCUT2D eigenvalue weighted by Crippen LogP contribution is -2.34. The molecule has 1 unspecified atom stereocenters. The third-order valence-corrected chi connectivity index (χ3v) is 6.59. The van der Waals surface area contributed by atoms with Crippen LogP contribution in [-0.2, 0) is 19.5 Å². The van der Waals surface area contributed by atoms with E-state index in [1.54, 1.807) is 0 Å². The zero-order valence-electron chi connectivity index (χ0n) is 19.3. The molecule has 0 radical (unpaired) electrons. The molecular formula is C26H33N3O3. The molecule has 1 aliphatic carbocycles. The van der Waals surface area contributed by atoms with Gasteiger partial charge in [-0.05, 0) is 54.3 Å². The standard InChI is InChI=1S/C26H33N3O3/c1-17-5-4-10-29(15-17)16-19-8-6-18(7-9-19)14-27-24(31)21-11-20-22(28-25(21)32)12-26(2,3)13-23(20)30/h6-9,11,17H,4-5,10,12-16H2,1-3H3,(H,27,31)(H,28,32). The van der Waals surface area contributed by atoms with E-state index in [1.165, 1.54) is 24.5 Å². The summed E-state index contributed by atoms with van der Waals surface area (Å²) in [6.45, 7) is 9.90. The molecule has 1 aromatic carbocycles. The molecule has 1 aromatic heterocycles. The first kappa shape index (κ1) is 22.5. The number of amides is 1. The monoisotopic (exact) mass is 435 g/mol. The molecule has 1 atom stereocenters. The number of rotatable bonds is 5. The van der Waals surface area contributed by atoms with Gasteiger partial charge in [0.15, 0.2) is 5.78 Å². The number of piperidine rings is 1. The van der Waals surface area contributed by atoms with Gasteiger partial charge in [-0.25, -0.2) is 0 Å². The van der Waals surface area contributed by atoms with Crippen molar-refractivity contribution in [2.45, 2.75) is 59.5 Å². The Bertz CT molecular complexity index is 1070. The second-order valence-electron chi connectivity index (χ2n) is 10.3. The number of aromatic nitrogens is 1. The predicted molar refractivity (Wildman–Crippen MR) is 125 cm³/mol. The number of Topliss-reactive ketones (excluding diaryl/α,β-unsaturated/α-hetero) is 1. The highest BCUT2D eigenvalue weighted by atomic mass is 16.2. The highest BCUT2D eigenvalue weighted by Crippen LogP contribution is 2.33. The summed E-state index contributed by atoms with van der Waals surface area (Å²) in [6.07, 6.45) is 3.61. The minimum Gasteiger partial charge on any atom is -0.348 e. The van der Waals surface area contributed by atoms with Crippen molar-refractivity contribution in [1.82, 2.24) is 15.2 Å². The minimum absolute atomic E-state index is 0.00681. The van der Waals surface area contributed by atoms with Gasteiger partial charge in [-0.1, -0.05) is 45.0 Å². The maximum Gasteiger partial charge on any atom is 0.261 e. The molecular weight excluding hydrogens is 402 g/mol. The predicted octanol–water partition coefficient (Wildman–Crippen LogP) is 3.69. The van der Waals surface area contributed by atoms with Gasteiger partial charge in [-0.3, -0.25) is 19.3 Å². The molecule has 1 amide bonds. The highest BCUT2D eigenvalue weighted by molar-refractivity contribution is 6.02. The summed E-state index contributed by atoms with van der Waals surface area (Å²) < 4.78 is 0. The van der Waals surface area contributed by atoms with Crippen LogP contribution in [-0.4, -0.2) is 34.7 Å². The topological polar surface area (TPSA) is 82.3 Å². The summed E-state index contributed by atoms with van der Waals surface area (Å²) in [7, 11) is 0. The Morgan fingerprint density at radius 1 is 1.16 bits per heavy atom. The van der Waals surface area contributed by atoms with E-state index in [0.29, 0.717) is 30.6 Å². The first-order chi connectivity index (χ1) is 15.2. The minimum atomic E-state index is -0.460. The van der Waals surface area contributed by atoms with E-state index in [2.05, 4.69) is 34.3 Å². The van der Waals surface area contributed by atoms with E-state index in [0.717, 1.165) is 31.1 Å². The van der Waals surface area contributed by atoms with Crippen molar-refractivity contribution in [3.8, 4) is 0 Å². The van der Waals surface area contributed by atoms with E-state index in [-0.39, 0.29) is 16.8 Å². The number of hydrogen-bond acceptors (Lipinski definition) is 4. The summed E-state index contributed by atoms with van der Waals surface area (Å²) in [5.74, 6) is 0.269. The van der Waals surface area contributed by atoms with Gasteiger partial charge in [0.05, 0.1) is 0 Å². The van der Waals surface area contributed by atoms with Crippen molar-refractivity contribution in [3.05, 3.63) is 68.6 Å². The number of likely N-dealkylation sites (tertiary alicyclic amines) is 1. The molecule has 2 heterocycles. The van der Waals surface area contributed by atoms with Crippen LogP contribution in [0.2, 0.25) is 0 Å². The molecule has 32 heavy (non-hydrogen) atoms. The van der Waals surface area contributed by atoms with E-state index >= 15 is 0 Å². The fraction of sp³-hybridized carbons (Fsp3) is 0.500. The second-order valence-corrected chi connectivity index (χ2v) is 10.3. The van der Waals surface area contributed by atoms with Gasteiger partial charge in [0.25, 0.3) is 11.5 Å². The molecule has 2 aromatic rings. The summed E-state index contributed by atoms with van der Waals surface area (Å²) in [4.78, 5) is 42.9. The van der Waals surface area contributed by atoms with Crippen LogP contribution in [0.1, 0.15) is 77.6 Å². The molecule has 2 N–H and O–H groups in total. The smallest absolute Gasteiger partial charge is 0.261 e. The first-order valence-corrected chi connectivity index (χ1v) is 11.6. The fourth-order valence-electron chi connectivity index (χ4n) is 4.93. The van der Waals surface area contributed by atoms with Crippen LogP contribution in [0, 0.1) is 11.3 Å². The van der Waals surface area contributed by atoms with E-state index in [4.69, 9.17) is 0 Å². The van der Waals surface area contributed by atoms with Crippen molar-refractivity contribution < 1.29 is 9.59 Å². The van der Waals surface area contributed by atoms with Crippen molar-refractivity contribution in [1.29, 1.82) is 0 Å². The van der Waals surface area contributed by atoms with Crippen molar-refractivity contribution in [2.75, 3.05) is 13.1 Å². The third kappa shape index (κ3) is 5.18. The Labute approximate surface area is 189 Å². The maximum absolute atomic E-state index is 12.7. The molecule has 4 rings (SSSR count). The number of hydrogen-bond donors (Lipinski definition) is 2. The average molecular weight is 436 g/mol. The normalized spacial score (nSPS) is 20.6. The average Bonchev–Trinajstić information content (AvgIpc) is 2.72. The first-order valence-electron chi connectivity index (χ1n) is 11.6. The lowest BCUT2D eigenvalue weighted by atomic mass is 9.75. The molecule has 0 saturated carbocycles. The van der Waals surface area contributed by atoms with Crippen molar-refractivity contribution >= 4 is 11.7 Å². The van der Waals surface area contributed by atoms with Crippen molar-refractivity contribution in [2.24, 2.45) is 11.3 Å². The number of carbonyl (C=O) groups is 2. The molecule has 6 nitrogen and oxygen atoms in total. The Kier molecular flexibility index (Phi) is 6.33. The number of benzene rings is 1. The Balaban J connectivity index is 1.38. The van der Waals surface area contributed by atoms with Crippen LogP contribution in [0.15, 0.2) is 35.1 Å². The lowest BCUT2D eigenvalue weighted by molar-refractivity contribution is 0.0910. The zero-order chi connectivity index (χ0) is 22.9. The van der Waals surface area contributed by atoms with Crippen LogP contribution in [0.5, 0.6) is 0 Å². The number of aromatic amines is 1. The van der Waals surface area contributed by atoms with E-state index in [1.807, 2.05) is 26.0 Å². The Morgan fingerprint density at radius 2 is 1.88 bits per heavy atom. The lowest BCUT2D eigenvalue weighted by Gasteiger charge is -2.30. The molecule has 1 saturated heterocycles. The number of nitrogens with one attached hydrogen (secondary N) is 2. The van der Waals surface area contributed by atoms with Crippen molar-refractivity contribution in [3.63, 3.8) is 0 Å². The second kappa shape index (κ2) is 9.02. The Hall–Kier alpha value is -2.73. The molecule has 170 valence electrons. The van der Waals surface area contributed by atoms with Crippen LogP contribution < -0.4 is 10.9 Å². The van der Waals surface area contributed by atoms with Gasteiger partial charge < -0.3 is 10.3 Å². The van der Waals surface area contributed by atoms with E-state index < -0.39 is 11.5 Å². The fourth-order valence-corrected chi connectivity index (χ4v) is 4.93. The highest BCUT2D eigenvalue weighted by Gasteiger charge is 2.32. The molecule has 1 fully saturated rings. The van der Waals surface area contributed by atoms with Gasteiger partial charge in [0, 0.05) is 37.3 Å². The molecule has 0 bridgehead atoms. The maximum atomic E-state index is 12.7. The number of fused-ring (bicyclic) bond motifs is 1. The largest absolute Gasteiger partial charge is 0.348 e. The molecule has 6 heteroatoms. The number of pyridine rings is 1. The number of H-pyrrole nitrogens is 1. The summed E-state index contributed by atoms with van der Waals surface area (Å²) >= 11 is 0. The van der Waals surface area contributed by atoms with Gasteiger partial charge in [-0.2, -0.15) is 0 Å². The number of carbonyl (C=O) groups excluding carboxylic acids is 2. The molecule has 1 aliphatic heterocycles. The number of ketones is 1.